The highest BCUT2D eigenvalue weighted by Crippen LogP contribution is 2.31. The Bertz CT molecular complexity index is 940. The van der Waals surface area contributed by atoms with Crippen LogP contribution in [-0.4, -0.2) is 21.0 Å². The number of aromatic nitrogens is 2. The summed E-state index contributed by atoms with van der Waals surface area (Å²) in [7, 11) is 0. The lowest BCUT2D eigenvalue weighted by molar-refractivity contribution is -0.385. The standard InChI is InChI=1S/C16H12N4O3S/c17-15(21)10-5-6-12(14(7-10)20(22)23)9-24-16-13-4-2-1-3-11(13)8-18-19-16/h1-8H,9H2,(H2,17,21). The molecule has 7 nitrogen and oxygen atoms in total. The third-order valence-electron chi connectivity index (χ3n) is 3.47. The summed E-state index contributed by atoms with van der Waals surface area (Å²) in [5.74, 6) is -0.366. The Morgan fingerprint density at radius 3 is 2.79 bits per heavy atom. The molecule has 0 unspecified atom stereocenters. The minimum Gasteiger partial charge on any atom is -0.366 e. The van der Waals surface area contributed by atoms with Gasteiger partial charge in [0.1, 0.15) is 5.03 Å². The lowest BCUT2D eigenvalue weighted by Crippen LogP contribution is -2.11. The van der Waals surface area contributed by atoms with Crippen LogP contribution in [0.25, 0.3) is 10.8 Å². The molecule has 0 fully saturated rings. The van der Waals surface area contributed by atoms with Crippen LogP contribution in [0.5, 0.6) is 0 Å². The average molecular weight is 340 g/mol. The number of fused-ring (bicyclic) bond motifs is 1. The molecule has 0 bridgehead atoms. The highest BCUT2D eigenvalue weighted by Gasteiger charge is 2.17. The van der Waals surface area contributed by atoms with Gasteiger partial charge in [0.2, 0.25) is 5.91 Å². The van der Waals surface area contributed by atoms with E-state index in [-0.39, 0.29) is 11.3 Å². The topological polar surface area (TPSA) is 112 Å². The zero-order valence-corrected chi connectivity index (χ0v) is 13.2. The Labute approximate surface area is 141 Å². The lowest BCUT2D eigenvalue weighted by atomic mass is 10.1. The van der Waals surface area contributed by atoms with Crippen LogP contribution in [0.1, 0.15) is 15.9 Å². The normalized spacial score (nSPS) is 10.7. The smallest absolute Gasteiger partial charge is 0.274 e. The van der Waals surface area contributed by atoms with Gasteiger partial charge < -0.3 is 5.73 Å². The van der Waals surface area contributed by atoms with Crippen LogP contribution in [0.2, 0.25) is 0 Å². The van der Waals surface area contributed by atoms with Crippen LogP contribution in [-0.2, 0) is 5.75 Å². The van der Waals surface area contributed by atoms with Crippen LogP contribution in [0, 0.1) is 10.1 Å². The van der Waals surface area contributed by atoms with Gasteiger partial charge in [0, 0.05) is 33.7 Å². The van der Waals surface area contributed by atoms with Crippen molar-refractivity contribution in [3.63, 3.8) is 0 Å². The molecule has 0 spiro atoms. The number of rotatable bonds is 5. The van der Waals surface area contributed by atoms with Gasteiger partial charge in [-0.2, -0.15) is 5.10 Å². The summed E-state index contributed by atoms with van der Waals surface area (Å²) in [6, 6.07) is 11.9. The molecule has 3 rings (SSSR count). The molecule has 3 aromatic rings. The van der Waals surface area contributed by atoms with Gasteiger partial charge in [0.25, 0.3) is 5.69 Å². The van der Waals surface area contributed by atoms with E-state index in [1.165, 1.54) is 23.9 Å². The number of nitro groups is 1. The van der Waals surface area contributed by atoms with Gasteiger partial charge in [-0.05, 0) is 6.07 Å². The van der Waals surface area contributed by atoms with Gasteiger partial charge in [-0.25, -0.2) is 0 Å². The first-order valence-corrected chi connectivity index (χ1v) is 7.95. The van der Waals surface area contributed by atoms with Gasteiger partial charge >= 0.3 is 0 Å². The van der Waals surface area contributed by atoms with Crippen molar-refractivity contribution in [2.45, 2.75) is 10.8 Å². The third-order valence-corrected chi connectivity index (χ3v) is 4.50. The van der Waals surface area contributed by atoms with Gasteiger partial charge in [-0.15, -0.1) is 5.10 Å². The fourth-order valence-electron chi connectivity index (χ4n) is 2.26. The zero-order valence-electron chi connectivity index (χ0n) is 12.4. The summed E-state index contributed by atoms with van der Waals surface area (Å²) in [6.07, 6.45) is 1.67. The fourth-order valence-corrected chi connectivity index (χ4v) is 3.25. The molecule has 120 valence electrons. The third kappa shape index (κ3) is 3.18. The largest absolute Gasteiger partial charge is 0.366 e. The first-order valence-electron chi connectivity index (χ1n) is 6.96. The van der Waals surface area contributed by atoms with Gasteiger partial charge in [0.15, 0.2) is 0 Å². The maximum Gasteiger partial charge on any atom is 0.274 e. The highest BCUT2D eigenvalue weighted by molar-refractivity contribution is 7.98. The predicted molar refractivity (Wildman–Crippen MR) is 90.7 cm³/mol. The number of amides is 1. The van der Waals surface area contributed by atoms with Gasteiger partial charge in [-0.3, -0.25) is 14.9 Å². The van der Waals surface area contributed by atoms with Gasteiger partial charge in [-0.1, -0.05) is 42.1 Å². The van der Waals surface area contributed by atoms with Crippen LogP contribution >= 0.6 is 11.8 Å². The fraction of sp³-hybridized carbons (Fsp3) is 0.0625. The maximum atomic E-state index is 11.2. The number of hydrogen-bond acceptors (Lipinski definition) is 6. The van der Waals surface area contributed by atoms with E-state index in [1.807, 2.05) is 24.3 Å². The Hall–Kier alpha value is -3.00. The van der Waals surface area contributed by atoms with Crippen molar-refractivity contribution in [1.29, 1.82) is 0 Å². The molecule has 0 radical (unpaired) electrons. The van der Waals surface area contributed by atoms with E-state index in [0.717, 1.165) is 10.8 Å². The van der Waals surface area contributed by atoms with Crippen LogP contribution in [0.3, 0.4) is 0 Å². The van der Waals surface area contributed by atoms with Crippen molar-refractivity contribution in [1.82, 2.24) is 10.2 Å². The number of nitro benzene ring substituents is 1. The summed E-state index contributed by atoms with van der Waals surface area (Å²) in [6.45, 7) is 0. The zero-order chi connectivity index (χ0) is 17.1. The molecule has 0 aliphatic carbocycles. The van der Waals surface area contributed by atoms with E-state index in [0.29, 0.717) is 16.3 Å². The average Bonchev–Trinajstić information content (AvgIpc) is 2.59. The summed E-state index contributed by atoms with van der Waals surface area (Å²) >= 11 is 1.35. The van der Waals surface area contributed by atoms with E-state index in [1.54, 1.807) is 12.3 Å². The number of carbonyl (C=O) groups excluding carboxylic acids is 1. The number of thioether (sulfide) groups is 1. The molecule has 2 N–H and O–H groups in total. The molecule has 0 aliphatic rings. The number of carbonyl (C=O) groups is 1. The summed E-state index contributed by atoms with van der Waals surface area (Å²) in [4.78, 5) is 21.9. The molecular weight excluding hydrogens is 328 g/mol. The molecule has 1 heterocycles. The summed E-state index contributed by atoms with van der Waals surface area (Å²) in [5.41, 5.74) is 5.64. The Kier molecular flexibility index (Phi) is 4.39. The predicted octanol–water partition coefficient (Wildman–Crippen LogP) is 2.93. The van der Waals surface area contributed by atoms with Crippen LogP contribution < -0.4 is 5.73 Å². The Morgan fingerprint density at radius 2 is 2.04 bits per heavy atom. The molecule has 8 heteroatoms. The van der Waals surface area contributed by atoms with Gasteiger partial charge in [0.05, 0.1) is 11.1 Å². The lowest BCUT2D eigenvalue weighted by Gasteiger charge is -2.06. The van der Waals surface area contributed by atoms with E-state index >= 15 is 0 Å². The number of primary amides is 1. The highest BCUT2D eigenvalue weighted by atomic mass is 32.2. The quantitative estimate of drug-likeness (QED) is 0.434. The van der Waals surface area contributed by atoms with Crippen molar-refractivity contribution in [3.05, 3.63) is 69.9 Å². The van der Waals surface area contributed by atoms with Crippen molar-refractivity contribution in [2.24, 2.45) is 5.73 Å². The summed E-state index contributed by atoms with van der Waals surface area (Å²) < 4.78 is 0. The van der Waals surface area contributed by atoms with E-state index in [2.05, 4.69) is 10.2 Å². The monoisotopic (exact) mass is 340 g/mol. The van der Waals surface area contributed by atoms with Crippen molar-refractivity contribution in [3.8, 4) is 0 Å². The Balaban J connectivity index is 1.91. The number of nitrogens with two attached hydrogens (primary N) is 1. The molecule has 24 heavy (non-hydrogen) atoms. The minimum atomic E-state index is -0.697. The van der Waals surface area contributed by atoms with Crippen LogP contribution in [0.4, 0.5) is 5.69 Å². The first kappa shape index (κ1) is 15.9. The summed E-state index contributed by atoms with van der Waals surface area (Å²) in [5, 5.41) is 21.9. The number of nitrogens with zero attached hydrogens (tertiary/aromatic N) is 3. The van der Waals surface area contributed by atoms with Crippen molar-refractivity contribution in [2.75, 3.05) is 0 Å². The van der Waals surface area contributed by atoms with Crippen LogP contribution in [0.15, 0.2) is 53.7 Å². The number of hydrogen-bond donors (Lipinski definition) is 1. The molecule has 0 saturated heterocycles. The van der Waals surface area contributed by atoms with Crippen molar-refractivity contribution < 1.29 is 9.72 Å². The maximum absolute atomic E-state index is 11.2. The van der Waals surface area contributed by atoms with E-state index < -0.39 is 10.8 Å². The molecule has 2 aromatic carbocycles. The molecule has 0 aliphatic heterocycles. The molecular formula is C16H12N4O3S. The molecule has 1 aromatic heterocycles. The molecule has 1 amide bonds. The number of benzene rings is 2. The minimum absolute atomic E-state index is 0.111. The molecule has 0 atom stereocenters. The van der Waals surface area contributed by atoms with E-state index in [4.69, 9.17) is 5.73 Å². The second-order valence-electron chi connectivity index (χ2n) is 4.99. The SMILES string of the molecule is NC(=O)c1ccc(CSc2nncc3ccccc23)c([N+](=O)[O-])c1. The van der Waals surface area contributed by atoms with E-state index in [9.17, 15) is 14.9 Å². The second kappa shape index (κ2) is 6.63. The van der Waals surface area contributed by atoms with Crippen molar-refractivity contribution >= 4 is 34.1 Å². The first-order chi connectivity index (χ1) is 11.6. The molecule has 0 saturated carbocycles. The Morgan fingerprint density at radius 1 is 1.25 bits per heavy atom. The second-order valence-corrected chi connectivity index (χ2v) is 5.95.